The molecule has 0 aromatic heterocycles. The second-order valence-electron chi connectivity index (χ2n) is 8.86. The number of hydrogen-bond donors (Lipinski definition) is 3. The first-order valence-corrected chi connectivity index (χ1v) is 11.6. The zero-order valence-electron chi connectivity index (χ0n) is 18.8. The van der Waals surface area contributed by atoms with Gasteiger partial charge in [0.1, 0.15) is 6.61 Å². The number of carboxylic acids is 1. The third kappa shape index (κ3) is 5.35. The SMILES string of the molecule is CCC(CCC(=O)NCC1CC1C(=O)O)NC(=O)OCC1c2ccccc2-c2ccccc21. The molecular formula is C26H30N2O5. The van der Waals surface area contributed by atoms with Crippen LogP contribution in [0.15, 0.2) is 48.5 Å². The van der Waals surface area contributed by atoms with E-state index in [2.05, 4.69) is 34.9 Å². The lowest BCUT2D eigenvalue weighted by Crippen LogP contribution is -2.37. The minimum absolute atomic E-state index is 0.00561. The van der Waals surface area contributed by atoms with Crippen molar-refractivity contribution in [1.82, 2.24) is 10.6 Å². The fourth-order valence-corrected chi connectivity index (χ4v) is 4.60. The maximum Gasteiger partial charge on any atom is 0.407 e. The Balaban J connectivity index is 1.23. The van der Waals surface area contributed by atoms with Gasteiger partial charge < -0.3 is 20.5 Å². The van der Waals surface area contributed by atoms with Crippen molar-refractivity contribution in [2.75, 3.05) is 13.2 Å². The molecule has 1 saturated carbocycles. The van der Waals surface area contributed by atoms with Gasteiger partial charge in [0.05, 0.1) is 5.92 Å². The number of nitrogens with one attached hydrogen (secondary N) is 2. The van der Waals surface area contributed by atoms with Crippen LogP contribution < -0.4 is 10.6 Å². The van der Waals surface area contributed by atoms with E-state index in [1.165, 1.54) is 11.1 Å². The molecule has 7 heteroatoms. The van der Waals surface area contributed by atoms with Crippen molar-refractivity contribution in [3.63, 3.8) is 0 Å². The van der Waals surface area contributed by atoms with E-state index >= 15 is 0 Å². The van der Waals surface area contributed by atoms with Crippen LogP contribution in [0.4, 0.5) is 4.79 Å². The number of aliphatic carboxylic acids is 1. The smallest absolute Gasteiger partial charge is 0.407 e. The average Bonchev–Trinajstić information content (AvgIpc) is 3.54. The fraction of sp³-hybridized carbons (Fsp3) is 0.423. The molecular weight excluding hydrogens is 420 g/mol. The summed E-state index contributed by atoms with van der Waals surface area (Å²) in [6.07, 6.45) is 1.59. The third-order valence-corrected chi connectivity index (χ3v) is 6.68. The number of benzene rings is 2. The summed E-state index contributed by atoms with van der Waals surface area (Å²) in [7, 11) is 0. The third-order valence-electron chi connectivity index (χ3n) is 6.68. The van der Waals surface area contributed by atoms with E-state index in [0.29, 0.717) is 25.8 Å². The number of carboxylic acid groups (broad SMARTS) is 1. The number of carbonyl (C=O) groups is 3. The summed E-state index contributed by atoms with van der Waals surface area (Å²) in [6, 6.07) is 16.2. The van der Waals surface area contributed by atoms with E-state index in [-0.39, 0.29) is 42.7 Å². The molecule has 0 bridgehead atoms. The Morgan fingerprint density at radius 2 is 1.70 bits per heavy atom. The molecule has 0 radical (unpaired) electrons. The van der Waals surface area contributed by atoms with E-state index in [0.717, 1.165) is 11.1 Å². The Labute approximate surface area is 193 Å². The normalized spacial score (nSPS) is 19.2. The number of fused-ring (bicyclic) bond motifs is 3. The van der Waals surface area contributed by atoms with Crippen LogP contribution in [0, 0.1) is 11.8 Å². The van der Waals surface area contributed by atoms with Gasteiger partial charge in [-0.3, -0.25) is 9.59 Å². The first-order valence-electron chi connectivity index (χ1n) is 11.6. The second kappa shape index (κ2) is 10.1. The maximum atomic E-state index is 12.5. The van der Waals surface area contributed by atoms with Gasteiger partial charge in [0, 0.05) is 24.9 Å². The topological polar surface area (TPSA) is 105 Å². The van der Waals surface area contributed by atoms with Crippen molar-refractivity contribution >= 4 is 18.0 Å². The molecule has 0 saturated heterocycles. The molecule has 3 unspecified atom stereocenters. The van der Waals surface area contributed by atoms with Gasteiger partial charge in [-0.25, -0.2) is 4.79 Å². The quantitative estimate of drug-likeness (QED) is 0.509. The summed E-state index contributed by atoms with van der Waals surface area (Å²) < 4.78 is 5.59. The highest BCUT2D eigenvalue weighted by molar-refractivity contribution is 5.79. The largest absolute Gasteiger partial charge is 0.481 e. The van der Waals surface area contributed by atoms with Gasteiger partial charge in [0.15, 0.2) is 0 Å². The molecule has 174 valence electrons. The van der Waals surface area contributed by atoms with Crippen molar-refractivity contribution in [1.29, 1.82) is 0 Å². The minimum Gasteiger partial charge on any atom is -0.481 e. The molecule has 3 N–H and O–H groups in total. The second-order valence-corrected chi connectivity index (χ2v) is 8.86. The van der Waals surface area contributed by atoms with Crippen LogP contribution in [0.3, 0.4) is 0 Å². The number of ether oxygens (including phenoxy) is 1. The minimum atomic E-state index is -0.799. The maximum absolute atomic E-state index is 12.5. The van der Waals surface area contributed by atoms with Crippen molar-refractivity contribution in [3.05, 3.63) is 59.7 Å². The number of hydrogen-bond acceptors (Lipinski definition) is 4. The highest BCUT2D eigenvalue weighted by atomic mass is 16.5. The van der Waals surface area contributed by atoms with Gasteiger partial charge in [0.25, 0.3) is 0 Å². The van der Waals surface area contributed by atoms with Gasteiger partial charge in [-0.05, 0) is 47.4 Å². The molecule has 0 heterocycles. The lowest BCUT2D eigenvalue weighted by atomic mass is 9.98. The Morgan fingerprint density at radius 3 is 2.27 bits per heavy atom. The predicted octanol–water partition coefficient (Wildman–Crippen LogP) is 3.92. The molecule has 2 aliphatic carbocycles. The number of alkyl carbamates (subject to hydrolysis) is 1. The summed E-state index contributed by atoms with van der Waals surface area (Å²) in [5, 5.41) is 14.6. The zero-order chi connectivity index (χ0) is 23.4. The summed E-state index contributed by atoms with van der Waals surface area (Å²) in [6.45, 7) is 2.60. The first-order chi connectivity index (χ1) is 16.0. The zero-order valence-corrected chi connectivity index (χ0v) is 18.8. The van der Waals surface area contributed by atoms with E-state index in [1.807, 2.05) is 31.2 Å². The van der Waals surface area contributed by atoms with E-state index < -0.39 is 12.1 Å². The lowest BCUT2D eigenvalue weighted by Gasteiger charge is -2.19. The first kappa shape index (κ1) is 22.8. The molecule has 2 aliphatic rings. The molecule has 7 nitrogen and oxygen atoms in total. The summed E-state index contributed by atoms with van der Waals surface area (Å²) >= 11 is 0. The van der Waals surface area contributed by atoms with Crippen LogP contribution in [0.1, 0.15) is 49.7 Å². The fourth-order valence-electron chi connectivity index (χ4n) is 4.60. The molecule has 4 rings (SSSR count). The van der Waals surface area contributed by atoms with E-state index in [9.17, 15) is 14.4 Å². The van der Waals surface area contributed by atoms with Crippen LogP contribution in [-0.4, -0.2) is 42.3 Å². The average molecular weight is 451 g/mol. The molecule has 0 spiro atoms. The molecule has 33 heavy (non-hydrogen) atoms. The monoisotopic (exact) mass is 450 g/mol. The summed E-state index contributed by atoms with van der Waals surface area (Å²) in [5.74, 6) is -1.21. The molecule has 0 aliphatic heterocycles. The number of amides is 2. The van der Waals surface area contributed by atoms with Crippen molar-refractivity contribution in [2.45, 2.75) is 44.6 Å². The molecule has 2 amide bonds. The van der Waals surface area contributed by atoms with Crippen molar-refractivity contribution in [2.24, 2.45) is 11.8 Å². The Bertz CT molecular complexity index is 991. The van der Waals surface area contributed by atoms with Gasteiger partial charge in [-0.1, -0.05) is 55.5 Å². The summed E-state index contributed by atoms with van der Waals surface area (Å²) in [5.41, 5.74) is 4.69. The number of carbonyl (C=O) groups excluding carboxylic acids is 2. The molecule has 2 aromatic carbocycles. The highest BCUT2D eigenvalue weighted by Crippen LogP contribution is 2.44. The lowest BCUT2D eigenvalue weighted by molar-refractivity contribution is -0.139. The van der Waals surface area contributed by atoms with E-state index in [4.69, 9.17) is 9.84 Å². The summed E-state index contributed by atoms with van der Waals surface area (Å²) in [4.78, 5) is 35.4. The number of rotatable bonds is 10. The predicted molar refractivity (Wildman–Crippen MR) is 124 cm³/mol. The molecule has 2 aromatic rings. The highest BCUT2D eigenvalue weighted by Gasteiger charge is 2.42. The van der Waals surface area contributed by atoms with Crippen molar-refractivity contribution in [3.8, 4) is 11.1 Å². The van der Waals surface area contributed by atoms with Crippen LogP contribution >= 0.6 is 0 Å². The Kier molecular flexibility index (Phi) is 6.96. The van der Waals surface area contributed by atoms with E-state index in [1.54, 1.807) is 0 Å². The van der Waals surface area contributed by atoms with Crippen LogP contribution in [0.5, 0.6) is 0 Å². The van der Waals surface area contributed by atoms with Gasteiger partial charge in [-0.15, -0.1) is 0 Å². The van der Waals surface area contributed by atoms with Gasteiger partial charge >= 0.3 is 12.1 Å². The molecule has 3 atom stereocenters. The van der Waals surface area contributed by atoms with Crippen LogP contribution in [-0.2, 0) is 14.3 Å². The standard InChI is InChI=1S/C26H30N2O5/c1-2-17(11-12-24(29)27-14-16-13-22(16)25(30)31)28-26(32)33-15-23-20-9-5-3-7-18(20)19-8-4-6-10-21(19)23/h3-10,16-17,22-23H,2,11-15H2,1H3,(H,27,29)(H,28,32)(H,30,31). The van der Waals surface area contributed by atoms with Gasteiger partial charge in [0.2, 0.25) is 5.91 Å². The van der Waals surface area contributed by atoms with Crippen LogP contribution in [0.2, 0.25) is 0 Å². The Morgan fingerprint density at radius 1 is 1.06 bits per heavy atom. The van der Waals surface area contributed by atoms with Gasteiger partial charge in [-0.2, -0.15) is 0 Å². The molecule has 1 fully saturated rings. The Hall–Kier alpha value is -3.35. The van der Waals surface area contributed by atoms with Crippen molar-refractivity contribution < 1.29 is 24.2 Å². The van der Waals surface area contributed by atoms with Crippen LogP contribution in [0.25, 0.3) is 11.1 Å².